The van der Waals surface area contributed by atoms with Gasteiger partial charge >= 0.3 is 6.18 Å². The Morgan fingerprint density at radius 3 is 2.49 bits per heavy atom. The Bertz CT molecular complexity index is 1560. The molecule has 0 spiro atoms. The lowest BCUT2D eigenvalue weighted by Gasteiger charge is -2.36. The van der Waals surface area contributed by atoms with Crippen LogP contribution in [0.3, 0.4) is 0 Å². The normalized spacial score (nSPS) is 19.1. The van der Waals surface area contributed by atoms with Gasteiger partial charge < -0.3 is 9.80 Å². The zero-order valence-corrected chi connectivity index (χ0v) is 24.4. The van der Waals surface area contributed by atoms with Crippen molar-refractivity contribution >= 4 is 56.3 Å². The number of rotatable bonds is 6. The quantitative estimate of drug-likeness (QED) is 0.400. The number of piperidine rings is 1. The number of anilines is 2. The van der Waals surface area contributed by atoms with Gasteiger partial charge in [-0.25, -0.2) is 13.4 Å². The van der Waals surface area contributed by atoms with Gasteiger partial charge in [0, 0.05) is 49.9 Å². The van der Waals surface area contributed by atoms with E-state index in [9.17, 15) is 26.4 Å². The third-order valence-corrected chi connectivity index (χ3v) is 8.13. The van der Waals surface area contributed by atoms with Crippen molar-refractivity contribution in [3.63, 3.8) is 0 Å². The first kappa shape index (κ1) is 29.7. The van der Waals surface area contributed by atoms with E-state index in [0.717, 1.165) is 19.1 Å². The zero-order chi connectivity index (χ0) is 29.5. The van der Waals surface area contributed by atoms with Crippen LogP contribution in [0.2, 0.25) is 10.2 Å². The molecule has 0 aliphatic carbocycles. The molecule has 2 saturated heterocycles. The number of hydrogen-bond acceptors (Lipinski definition) is 7. The lowest BCUT2D eigenvalue weighted by atomic mass is 9.98. The van der Waals surface area contributed by atoms with E-state index in [-0.39, 0.29) is 34.5 Å². The average Bonchev–Trinajstić information content (AvgIpc) is 3.31. The fourth-order valence-electron chi connectivity index (χ4n) is 5.34. The second-order valence-corrected chi connectivity index (χ2v) is 12.8. The first-order valence-corrected chi connectivity index (χ1v) is 15.6. The van der Waals surface area contributed by atoms with Crippen LogP contribution in [-0.2, 0) is 10.0 Å². The molecular weight excluding hydrogens is 606 g/mol. The minimum atomic E-state index is -4.26. The van der Waals surface area contributed by atoms with Crippen molar-refractivity contribution in [2.45, 2.75) is 31.5 Å². The highest BCUT2D eigenvalue weighted by molar-refractivity contribution is 7.92. The average molecular weight is 635 g/mol. The monoisotopic (exact) mass is 633 g/mol. The van der Waals surface area contributed by atoms with E-state index in [1.165, 1.54) is 23.1 Å². The highest BCUT2D eigenvalue weighted by atomic mass is 35.5. The van der Waals surface area contributed by atoms with E-state index in [1.807, 2.05) is 4.90 Å². The number of nitrogens with one attached hydrogen (secondary N) is 1. The summed E-state index contributed by atoms with van der Waals surface area (Å²) in [5, 5.41) is 5.28. The van der Waals surface area contributed by atoms with Crippen LogP contribution in [0, 0.1) is 0 Å². The van der Waals surface area contributed by atoms with Gasteiger partial charge in [0.25, 0.3) is 5.91 Å². The number of carbonyl (C=O) groups excluding carboxylic acids is 1. The Labute approximate surface area is 245 Å². The number of sulfonamides is 1. The molecule has 3 aromatic rings. The van der Waals surface area contributed by atoms with Crippen LogP contribution in [0.4, 0.5) is 24.7 Å². The van der Waals surface area contributed by atoms with Gasteiger partial charge in [-0.1, -0.05) is 23.2 Å². The molecule has 0 saturated carbocycles. The SMILES string of the molecule is CS(=O)(=O)Nc1ccc(Cl)cc1C(=O)N1CCCC[C@H]1c1cc2nc(Cl)cc(N3CCN(CC(F)(F)F)CC3)n2n1. The number of alkyl halides is 3. The summed E-state index contributed by atoms with van der Waals surface area (Å²) in [7, 11) is -3.66. The second kappa shape index (κ2) is 11.5. The maximum Gasteiger partial charge on any atom is 0.401 e. The predicted molar refractivity (Wildman–Crippen MR) is 150 cm³/mol. The number of benzene rings is 1. The summed E-state index contributed by atoms with van der Waals surface area (Å²) in [4.78, 5) is 23.1. The number of nitrogens with zero attached hydrogens (tertiary/aromatic N) is 6. The Balaban J connectivity index is 1.45. The van der Waals surface area contributed by atoms with E-state index in [2.05, 4.69) is 9.71 Å². The number of aromatic nitrogens is 3. The molecule has 2 aliphatic rings. The van der Waals surface area contributed by atoms with Crippen LogP contribution in [-0.4, -0.2) is 90.4 Å². The molecule has 0 bridgehead atoms. The third-order valence-electron chi connectivity index (χ3n) is 7.11. The number of carbonyl (C=O) groups is 1. The summed E-state index contributed by atoms with van der Waals surface area (Å²) in [6.45, 7) is 0.607. The summed E-state index contributed by atoms with van der Waals surface area (Å²) in [5.41, 5.74) is 1.27. The number of hydrogen-bond donors (Lipinski definition) is 1. The summed E-state index contributed by atoms with van der Waals surface area (Å²) in [6, 6.07) is 7.33. The Morgan fingerprint density at radius 2 is 1.80 bits per heavy atom. The Morgan fingerprint density at radius 1 is 1.07 bits per heavy atom. The molecule has 2 fully saturated rings. The van der Waals surface area contributed by atoms with Gasteiger partial charge in [-0.15, -0.1) is 0 Å². The van der Waals surface area contributed by atoms with Gasteiger partial charge in [0.2, 0.25) is 10.0 Å². The minimum absolute atomic E-state index is 0.122. The van der Waals surface area contributed by atoms with Gasteiger partial charge in [0.1, 0.15) is 11.0 Å². The fourth-order valence-corrected chi connectivity index (χ4v) is 6.28. The van der Waals surface area contributed by atoms with Crippen molar-refractivity contribution < 1.29 is 26.4 Å². The number of likely N-dealkylation sites (tertiary alicyclic amines) is 1. The molecule has 1 aromatic carbocycles. The third kappa shape index (κ3) is 6.99. The highest BCUT2D eigenvalue weighted by Crippen LogP contribution is 2.35. The van der Waals surface area contributed by atoms with Gasteiger partial charge in [-0.3, -0.25) is 14.4 Å². The molecule has 0 unspecified atom stereocenters. The van der Waals surface area contributed by atoms with E-state index < -0.39 is 34.7 Å². The van der Waals surface area contributed by atoms with Crippen molar-refractivity contribution in [3.05, 3.63) is 51.8 Å². The topological polar surface area (TPSA) is 103 Å². The standard InChI is InChI=1S/C25H28Cl2F3N7O3S/c1-41(39,40)33-18-6-5-16(26)12-17(18)24(38)36-7-3-2-4-20(36)19-13-22-31-21(27)14-23(37(22)32-19)35-10-8-34(9-11-35)15-25(28,29)30/h5-6,12-14,20,33H,2-4,7-11,15H2,1H3/t20-/m0/s1. The van der Waals surface area contributed by atoms with Gasteiger partial charge in [-0.2, -0.15) is 22.8 Å². The van der Waals surface area contributed by atoms with Crippen molar-refractivity contribution in [3.8, 4) is 0 Å². The molecule has 1 N–H and O–H groups in total. The van der Waals surface area contributed by atoms with Crippen molar-refractivity contribution in [2.24, 2.45) is 0 Å². The summed E-state index contributed by atoms with van der Waals surface area (Å²) >= 11 is 12.5. The number of halogens is 5. The lowest BCUT2D eigenvalue weighted by Crippen LogP contribution is -2.49. The first-order chi connectivity index (χ1) is 19.3. The van der Waals surface area contributed by atoms with Crippen LogP contribution < -0.4 is 9.62 Å². The maximum atomic E-state index is 13.8. The molecule has 4 heterocycles. The molecule has 0 radical (unpaired) electrons. The number of fused-ring (bicyclic) bond motifs is 1. The van der Waals surface area contributed by atoms with Crippen LogP contribution >= 0.6 is 23.2 Å². The molecule has 222 valence electrons. The molecule has 16 heteroatoms. The molecule has 41 heavy (non-hydrogen) atoms. The molecule has 5 rings (SSSR count). The number of piperazine rings is 1. The largest absolute Gasteiger partial charge is 0.401 e. The van der Waals surface area contributed by atoms with Crippen molar-refractivity contribution in [2.75, 3.05) is 55.1 Å². The Kier molecular flexibility index (Phi) is 8.30. The fraction of sp³-hybridized carbons (Fsp3) is 0.480. The maximum absolute atomic E-state index is 13.8. The molecular formula is C25H28Cl2F3N7O3S. The lowest BCUT2D eigenvalue weighted by molar-refractivity contribution is -0.146. The van der Waals surface area contributed by atoms with E-state index in [1.54, 1.807) is 21.5 Å². The van der Waals surface area contributed by atoms with Crippen molar-refractivity contribution in [1.29, 1.82) is 0 Å². The zero-order valence-electron chi connectivity index (χ0n) is 22.0. The van der Waals surface area contributed by atoms with Crippen LogP contribution in [0.1, 0.15) is 41.4 Å². The van der Waals surface area contributed by atoms with Gasteiger partial charge in [0.15, 0.2) is 5.65 Å². The smallest absolute Gasteiger partial charge is 0.354 e. The van der Waals surface area contributed by atoms with E-state index >= 15 is 0 Å². The molecule has 2 aromatic heterocycles. The second-order valence-electron chi connectivity index (χ2n) is 10.2. The molecule has 2 aliphatic heterocycles. The van der Waals surface area contributed by atoms with Crippen molar-refractivity contribution in [1.82, 2.24) is 24.4 Å². The summed E-state index contributed by atoms with van der Waals surface area (Å²) in [6.07, 6.45) is -1.05. The Hall–Kier alpha value is -2.81. The first-order valence-electron chi connectivity index (χ1n) is 13.0. The highest BCUT2D eigenvalue weighted by Gasteiger charge is 2.34. The van der Waals surface area contributed by atoms with Crippen LogP contribution in [0.5, 0.6) is 0 Å². The van der Waals surface area contributed by atoms with Crippen LogP contribution in [0.15, 0.2) is 30.3 Å². The predicted octanol–water partition coefficient (Wildman–Crippen LogP) is 4.46. The molecule has 1 amide bonds. The summed E-state index contributed by atoms with van der Waals surface area (Å²) in [5.74, 6) is 0.202. The summed E-state index contributed by atoms with van der Waals surface area (Å²) < 4.78 is 66.4. The van der Waals surface area contributed by atoms with Gasteiger partial charge in [-0.05, 0) is 37.5 Å². The van der Waals surface area contributed by atoms with E-state index in [0.29, 0.717) is 43.2 Å². The van der Waals surface area contributed by atoms with Crippen LogP contribution in [0.25, 0.3) is 5.65 Å². The van der Waals surface area contributed by atoms with Gasteiger partial charge in [0.05, 0.1) is 35.8 Å². The molecule has 10 nitrogen and oxygen atoms in total. The number of amides is 1. The minimum Gasteiger partial charge on any atom is -0.354 e. The van der Waals surface area contributed by atoms with E-state index in [4.69, 9.17) is 28.3 Å². The molecule has 1 atom stereocenters.